The number of hydrogen-bond acceptors (Lipinski definition) is 14. The first-order valence-corrected chi connectivity index (χ1v) is 25.5. The van der Waals surface area contributed by atoms with Crippen LogP contribution in [0.3, 0.4) is 0 Å². The number of aliphatic hydroxyl groups excluding tert-OH is 1. The van der Waals surface area contributed by atoms with Gasteiger partial charge in [-0.3, -0.25) is 9.59 Å². The second-order valence-electron chi connectivity index (χ2n) is 15.3. The number of aliphatic carboxylic acids is 2. The fourth-order valence-corrected chi connectivity index (χ4v) is 11.9. The molecular weight excluding hydrogens is 1420 g/mol. The molecule has 0 amide bonds. The molecule has 4 aromatic carbocycles. The molecule has 4 heterocycles. The molecule has 4 aliphatic heterocycles. The van der Waals surface area contributed by atoms with Crippen LogP contribution in [-0.4, -0.2) is 91.3 Å². The minimum Gasteiger partial charge on any atom is -0.481 e. The van der Waals surface area contributed by atoms with E-state index in [2.05, 4.69) is 57.8 Å². The van der Waals surface area contributed by atoms with Crippen molar-refractivity contribution in [2.45, 2.75) is 98.0 Å². The zero-order valence-electron chi connectivity index (χ0n) is 38.8. The van der Waals surface area contributed by atoms with Crippen LogP contribution in [0.5, 0.6) is 0 Å². The van der Waals surface area contributed by atoms with Gasteiger partial charge < -0.3 is 51.1 Å². The molecule has 0 saturated carbocycles. The Morgan fingerprint density at radius 3 is 1.08 bits per heavy atom. The number of aliphatic hydroxyl groups is 1. The molecule has 4 aliphatic rings. The number of nitrogens with two attached hydrogens (primary N) is 3. The van der Waals surface area contributed by atoms with Gasteiger partial charge in [0.15, 0.2) is 0 Å². The number of carboxylic acid groups (broad SMARTS) is 2. The van der Waals surface area contributed by atoms with Crippen molar-refractivity contribution in [1.82, 2.24) is 0 Å². The Balaban J connectivity index is 0.000000232. The maximum Gasteiger partial charge on any atom is 0.325 e. The summed E-state index contributed by atoms with van der Waals surface area (Å²) in [6.45, 7) is 13.7. The SMILES string of the molecule is CB1O[C@@H](CN)c2cccc(SCC(=O)O)c21.CB1O[C@H](CN)c2cccc(SCC(=O)O)c21.CC[C@@H]1OB(C)c2c(SCN)cccc21.CC[C@@H]1OB(C)c2c(SCO)cccc21.[Rf].[Rf]. The number of hydrogen-bond donors (Lipinski definition) is 6. The van der Waals surface area contributed by atoms with Gasteiger partial charge in [0, 0.05) is 38.5 Å². The van der Waals surface area contributed by atoms with Gasteiger partial charge in [0.2, 0.25) is 0 Å². The topological polar surface area (TPSA) is 210 Å². The van der Waals surface area contributed by atoms with Gasteiger partial charge in [-0.2, -0.15) is 0 Å². The standard InChI is InChI=1S/2C11H14BNO3S.C11H16BNOS.C11H15BO2S.2Rf/c2*1-12-11-7(8(5-13)16-12)3-2-4-9(11)17-6-10(14)15;2*1-3-9-8-5-4-6-10(15-7-13)11(8)12(2)14-9;;/h2*2-4,8H,5-6,13H2,1H3,(H,14,15);4-6,9H,3,7,13H2,1-2H3;4-6,9,13H,3,7H2,1-2H3;;/t2*8-;2*9-;;/m1000../s1. The molecule has 9 N–H and O–H groups in total. The Kier molecular flexibility index (Phi) is 22.3. The Labute approximate surface area is 396 Å². The van der Waals surface area contributed by atoms with Gasteiger partial charge in [0.25, 0.3) is 0 Å². The minimum absolute atomic E-state index is 0. The predicted octanol–water partition coefficient (Wildman–Crippen LogP) is 5.49. The van der Waals surface area contributed by atoms with Crippen LogP contribution in [-0.2, 0) is 28.2 Å². The monoisotopic (exact) mass is 1480 g/mol. The van der Waals surface area contributed by atoms with E-state index in [0.717, 1.165) is 49.6 Å². The molecule has 66 heavy (non-hydrogen) atoms. The van der Waals surface area contributed by atoms with E-state index < -0.39 is 11.9 Å². The van der Waals surface area contributed by atoms with Gasteiger partial charge >= 0.3 is 39.6 Å². The quantitative estimate of drug-likeness (QED) is 0.0525. The molecule has 4 aromatic rings. The average molecular weight is 1480 g/mol. The van der Waals surface area contributed by atoms with Crippen LogP contribution in [0.1, 0.15) is 73.4 Å². The van der Waals surface area contributed by atoms with Crippen LogP contribution in [0.4, 0.5) is 0 Å². The molecule has 0 aliphatic carbocycles. The molecule has 0 unspecified atom stereocenters. The molecule has 12 nitrogen and oxygen atoms in total. The molecule has 0 saturated heterocycles. The first-order valence-electron chi connectivity index (χ1n) is 21.6. The van der Waals surface area contributed by atoms with Gasteiger partial charge in [-0.1, -0.05) is 101 Å². The smallest absolute Gasteiger partial charge is 0.325 e. The summed E-state index contributed by atoms with van der Waals surface area (Å²) >= 11 is 5.83. The summed E-state index contributed by atoms with van der Waals surface area (Å²) in [5, 5.41) is 26.4. The third-order valence-electron chi connectivity index (χ3n) is 11.2. The minimum atomic E-state index is -0.811. The molecule has 0 radical (unpaired) electrons. The molecule has 344 valence electrons. The van der Waals surface area contributed by atoms with Crippen molar-refractivity contribution in [3.8, 4) is 0 Å². The van der Waals surface area contributed by atoms with Crippen molar-refractivity contribution in [2.75, 3.05) is 36.4 Å². The molecule has 4 atom stereocenters. The van der Waals surface area contributed by atoms with Crippen molar-refractivity contribution in [1.29, 1.82) is 0 Å². The molecule has 0 aromatic heterocycles. The van der Waals surface area contributed by atoms with Crippen LogP contribution in [0, 0.1) is 0 Å². The Morgan fingerprint density at radius 1 is 0.515 bits per heavy atom. The van der Waals surface area contributed by atoms with Gasteiger partial charge in [-0.25, -0.2) is 0 Å². The van der Waals surface area contributed by atoms with E-state index >= 15 is 0 Å². The Hall–Kier alpha value is -4.84. The first-order chi connectivity index (χ1) is 30.8. The summed E-state index contributed by atoms with van der Waals surface area (Å²) in [4.78, 5) is 25.6. The van der Waals surface area contributed by atoms with Crippen LogP contribution in [0.15, 0.2) is 92.4 Å². The summed E-state index contributed by atoms with van der Waals surface area (Å²) in [6, 6.07) is 24.4. The Bertz CT molecular complexity index is 2060. The van der Waals surface area contributed by atoms with E-state index in [9.17, 15) is 9.59 Å². The van der Waals surface area contributed by atoms with Crippen LogP contribution < -0.4 is 39.1 Å². The van der Waals surface area contributed by atoms with Gasteiger partial charge in [0.1, 0.15) is 0 Å². The van der Waals surface area contributed by atoms with E-state index in [4.69, 9.17) is 51.1 Å². The third kappa shape index (κ3) is 13.2. The molecule has 8 rings (SSSR count). The number of carboxylic acids is 2. The van der Waals surface area contributed by atoms with Crippen molar-refractivity contribution < 1.29 is 43.5 Å². The Morgan fingerprint density at radius 2 is 0.803 bits per heavy atom. The van der Waals surface area contributed by atoms with Crippen LogP contribution >= 0.6 is 47.0 Å². The second kappa shape index (κ2) is 26.5. The predicted molar refractivity (Wildman–Crippen MR) is 269 cm³/mol. The van der Waals surface area contributed by atoms with Crippen molar-refractivity contribution in [3.05, 3.63) is 95.1 Å². The number of benzene rings is 4. The summed E-state index contributed by atoms with van der Waals surface area (Å²) in [5.74, 6) is -0.739. The second-order valence-corrected chi connectivity index (χ2v) is 19.4. The molecule has 0 fully saturated rings. The normalized spacial score (nSPS) is 18.2. The zero-order chi connectivity index (χ0) is 46.5. The van der Waals surface area contributed by atoms with Gasteiger partial charge in [-0.15, -0.1) is 35.3 Å². The van der Waals surface area contributed by atoms with Crippen LogP contribution in [0.2, 0.25) is 27.3 Å². The van der Waals surface area contributed by atoms with E-state index in [1.54, 1.807) is 11.8 Å². The van der Waals surface area contributed by atoms with Gasteiger partial charge in [-0.05, 0) is 81.2 Å². The summed E-state index contributed by atoms with van der Waals surface area (Å²) in [5.41, 5.74) is 26.5. The maximum atomic E-state index is 10.6. The molecule has 22 heteroatoms. The van der Waals surface area contributed by atoms with Crippen LogP contribution in [0.25, 0.3) is 0 Å². The average Bonchev–Trinajstić information content (AvgIpc) is 4.02. The molecule has 0 spiro atoms. The third-order valence-corrected chi connectivity index (χ3v) is 15.0. The summed E-state index contributed by atoms with van der Waals surface area (Å²) < 4.78 is 23.3. The largest absolute Gasteiger partial charge is 0.481 e. The fraction of sp³-hybridized carbons (Fsp3) is 0.409. The number of thioether (sulfide) groups is 4. The fourth-order valence-electron chi connectivity index (χ4n) is 8.60. The van der Waals surface area contributed by atoms with Crippen molar-refractivity contribution in [2.24, 2.45) is 17.2 Å². The number of rotatable bonds is 14. The van der Waals surface area contributed by atoms with Crippen molar-refractivity contribution >= 4 is 108 Å². The van der Waals surface area contributed by atoms with Gasteiger partial charge in [0.05, 0.1) is 41.9 Å². The van der Waals surface area contributed by atoms with E-state index in [0.29, 0.717) is 19.0 Å². The van der Waals surface area contributed by atoms with E-state index in [-0.39, 0.29) is 69.5 Å². The molecular formula is C44H59B4N3O9Rf2S4. The summed E-state index contributed by atoms with van der Waals surface area (Å²) in [6.07, 6.45) is 2.41. The first kappa shape index (κ1) is 55.5. The molecule has 0 bridgehead atoms. The maximum absolute atomic E-state index is 10.6. The number of fused-ring (bicyclic) bond motifs is 4. The van der Waals surface area contributed by atoms with E-state index in [1.165, 1.54) is 62.2 Å². The van der Waals surface area contributed by atoms with E-state index in [1.807, 2.05) is 56.1 Å². The summed E-state index contributed by atoms with van der Waals surface area (Å²) in [7, 11) is 0. The zero-order valence-corrected chi connectivity index (χ0v) is 54.8. The van der Waals surface area contributed by atoms with Crippen molar-refractivity contribution in [3.63, 3.8) is 0 Å². The number of carbonyl (C=O) groups is 2.